The number of fused-ring (bicyclic) bond motifs is 1. The van der Waals surface area contributed by atoms with Crippen molar-refractivity contribution < 1.29 is 8.42 Å². The minimum absolute atomic E-state index is 0.0235. The van der Waals surface area contributed by atoms with Crippen LogP contribution in [-0.4, -0.2) is 29.0 Å². The van der Waals surface area contributed by atoms with E-state index in [4.69, 9.17) is 11.6 Å². The molecule has 0 fully saturated rings. The molecule has 3 rings (SSSR count). The summed E-state index contributed by atoms with van der Waals surface area (Å²) in [5.74, 6) is 0.279. The number of aromatic nitrogens is 3. The lowest BCUT2D eigenvalue weighted by Gasteiger charge is -2.14. The predicted octanol–water partition coefficient (Wildman–Crippen LogP) is 3.89. The number of nitrogens with zero attached hydrogens (tertiary/aromatic N) is 4. The predicted molar refractivity (Wildman–Crippen MR) is 109 cm³/mol. The maximum absolute atomic E-state index is 12.3. The molecule has 3 aromatic rings. The van der Waals surface area contributed by atoms with Gasteiger partial charge in [-0.25, -0.2) is 23.1 Å². The zero-order chi connectivity index (χ0) is 20.6. The summed E-state index contributed by atoms with van der Waals surface area (Å²) in [6.07, 6.45) is 2.51. The van der Waals surface area contributed by atoms with Gasteiger partial charge in [-0.1, -0.05) is 11.6 Å². The van der Waals surface area contributed by atoms with Crippen molar-refractivity contribution in [2.75, 3.05) is 0 Å². The van der Waals surface area contributed by atoms with E-state index >= 15 is 0 Å². The van der Waals surface area contributed by atoms with Crippen LogP contribution in [-0.2, 0) is 10.0 Å². The second-order valence-electron chi connectivity index (χ2n) is 6.98. The van der Waals surface area contributed by atoms with E-state index in [0.717, 1.165) is 5.52 Å². The van der Waals surface area contributed by atoms with Gasteiger partial charge in [0, 0.05) is 22.5 Å². The lowest BCUT2D eigenvalue weighted by molar-refractivity contribution is 0.569. The molecule has 2 heterocycles. The molecule has 7 nitrogen and oxygen atoms in total. The molecule has 0 spiro atoms. The van der Waals surface area contributed by atoms with Gasteiger partial charge in [0.25, 0.3) is 0 Å². The molecule has 0 saturated carbocycles. The molecule has 0 aliphatic carbocycles. The first kappa shape index (κ1) is 20.3. The SMILES string of the molecule is CC(C)NS(=O)(=O)c1cnc(-c2c(C#N)c3cc(Cl)ccc3n2C(C)C)nc1. The Morgan fingerprint density at radius 2 is 1.82 bits per heavy atom. The zero-order valence-corrected chi connectivity index (χ0v) is 17.5. The molecule has 0 atom stereocenters. The molecule has 1 N–H and O–H groups in total. The number of sulfonamides is 1. The maximum atomic E-state index is 12.3. The highest BCUT2D eigenvalue weighted by atomic mass is 35.5. The van der Waals surface area contributed by atoms with E-state index in [9.17, 15) is 13.7 Å². The number of nitriles is 1. The first-order chi connectivity index (χ1) is 13.2. The van der Waals surface area contributed by atoms with Crippen LogP contribution >= 0.6 is 11.6 Å². The molecule has 28 heavy (non-hydrogen) atoms. The molecule has 146 valence electrons. The average Bonchev–Trinajstić information content (AvgIpc) is 2.94. The van der Waals surface area contributed by atoms with Crippen LogP contribution in [0.1, 0.15) is 39.3 Å². The van der Waals surface area contributed by atoms with Crippen LogP contribution in [0.5, 0.6) is 0 Å². The molecule has 1 aromatic carbocycles. The average molecular weight is 418 g/mol. The van der Waals surface area contributed by atoms with Crippen LogP contribution < -0.4 is 4.72 Å². The van der Waals surface area contributed by atoms with Crippen molar-refractivity contribution in [2.45, 2.75) is 44.7 Å². The molecule has 0 radical (unpaired) electrons. The number of rotatable bonds is 5. The van der Waals surface area contributed by atoms with Crippen LogP contribution in [0.25, 0.3) is 22.4 Å². The minimum atomic E-state index is -3.70. The van der Waals surface area contributed by atoms with Crippen molar-refractivity contribution >= 4 is 32.5 Å². The number of halogens is 1. The van der Waals surface area contributed by atoms with E-state index in [1.807, 2.05) is 24.5 Å². The molecule has 0 bridgehead atoms. The van der Waals surface area contributed by atoms with Crippen molar-refractivity contribution in [2.24, 2.45) is 0 Å². The van der Waals surface area contributed by atoms with Crippen molar-refractivity contribution in [3.8, 4) is 17.6 Å². The van der Waals surface area contributed by atoms with Crippen LogP contribution in [0.2, 0.25) is 5.02 Å². The molecule has 0 aliphatic rings. The smallest absolute Gasteiger partial charge is 0.243 e. The van der Waals surface area contributed by atoms with Crippen LogP contribution in [0.15, 0.2) is 35.5 Å². The fourth-order valence-corrected chi connectivity index (χ4v) is 4.42. The summed E-state index contributed by atoms with van der Waals surface area (Å²) in [5, 5.41) is 11.0. The monoisotopic (exact) mass is 417 g/mol. The highest BCUT2D eigenvalue weighted by Gasteiger charge is 2.23. The van der Waals surface area contributed by atoms with E-state index in [0.29, 0.717) is 21.7 Å². The molecule has 0 aliphatic heterocycles. The quantitative estimate of drug-likeness (QED) is 0.678. The summed E-state index contributed by atoms with van der Waals surface area (Å²) in [7, 11) is -3.70. The lowest BCUT2D eigenvalue weighted by atomic mass is 10.1. The summed E-state index contributed by atoms with van der Waals surface area (Å²) >= 11 is 6.12. The van der Waals surface area contributed by atoms with Gasteiger partial charge in [0.2, 0.25) is 10.0 Å². The summed E-state index contributed by atoms with van der Waals surface area (Å²) in [6.45, 7) is 7.45. The van der Waals surface area contributed by atoms with Crippen molar-refractivity contribution in [3.05, 3.63) is 41.2 Å². The van der Waals surface area contributed by atoms with E-state index in [1.165, 1.54) is 12.4 Å². The van der Waals surface area contributed by atoms with Crippen molar-refractivity contribution in [3.63, 3.8) is 0 Å². The third-order valence-electron chi connectivity index (χ3n) is 4.13. The number of nitrogens with one attached hydrogen (secondary N) is 1. The fourth-order valence-electron chi connectivity index (χ4n) is 3.11. The van der Waals surface area contributed by atoms with Gasteiger partial charge in [0.05, 0.1) is 23.5 Å². The Hall–Kier alpha value is -2.47. The standard InChI is InChI=1S/C19H20ClN5O2S/c1-11(2)24-28(26,27)14-9-22-19(23-10-14)18-16(8-21)15-7-13(20)5-6-17(15)25(18)12(3)4/h5-7,9-12,24H,1-4H3. The Bertz CT molecular complexity index is 1180. The van der Waals surface area contributed by atoms with Crippen LogP contribution in [0.4, 0.5) is 0 Å². The van der Waals surface area contributed by atoms with Gasteiger partial charge in [-0.3, -0.25) is 0 Å². The van der Waals surface area contributed by atoms with Gasteiger partial charge in [-0.2, -0.15) is 5.26 Å². The third kappa shape index (κ3) is 3.61. The minimum Gasteiger partial charge on any atom is -0.334 e. The first-order valence-corrected chi connectivity index (χ1v) is 10.6. The molecule has 0 amide bonds. The Morgan fingerprint density at radius 1 is 1.18 bits per heavy atom. The van der Waals surface area contributed by atoms with Gasteiger partial charge >= 0.3 is 0 Å². The summed E-state index contributed by atoms with van der Waals surface area (Å²) in [4.78, 5) is 8.48. The molecule has 2 aromatic heterocycles. The van der Waals surface area contributed by atoms with Gasteiger partial charge in [-0.05, 0) is 45.9 Å². The third-order valence-corrected chi connectivity index (χ3v) is 5.98. The van der Waals surface area contributed by atoms with Gasteiger partial charge < -0.3 is 4.57 Å². The fraction of sp³-hybridized carbons (Fsp3) is 0.316. The van der Waals surface area contributed by atoms with Crippen LogP contribution in [0, 0.1) is 11.3 Å². The normalized spacial score (nSPS) is 12.1. The van der Waals surface area contributed by atoms with Gasteiger partial charge in [0.1, 0.15) is 16.7 Å². The first-order valence-electron chi connectivity index (χ1n) is 8.74. The zero-order valence-electron chi connectivity index (χ0n) is 15.9. The topological polar surface area (TPSA) is 101 Å². The molecular formula is C19H20ClN5O2S. The molecular weight excluding hydrogens is 398 g/mol. The molecule has 9 heteroatoms. The summed E-state index contributed by atoms with van der Waals surface area (Å²) < 4.78 is 29.1. The van der Waals surface area contributed by atoms with E-state index in [2.05, 4.69) is 20.8 Å². The molecule has 0 saturated heterocycles. The van der Waals surface area contributed by atoms with Crippen molar-refractivity contribution in [1.82, 2.24) is 19.3 Å². The highest BCUT2D eigenvalue weighted by molar-refractivity contribution is 7.89. The Kier molecular flexibility index (Phi) is 5.44. The molecule has 0 unspecified atom stereocenters. The van der Waals surface area contributed by atoms with Gasteiger partial charge in [0.15, 0.2) is 5.82 Å². The van der Waals surface area contributed by atoms with E-state index in [1.54, 1.807) is 26.0 Å². The Morgan fingerprint density at radius 3 is 2.36 bits per heavy atom. The number of hydrogen-bond acceptors (Lipinski definition) is 5. The lowest BCUT2D eigenvalue weighted by Crippen LogP contribution is -2.30. The second kappa shape index (κ2) is 7.51. The Labute approximate surface area is 169 Å². The summed E-state index contributed by atoms with van der Waals surface area (Å²) in [6, 6.07) is 7.36. The largest absolute Gasteiger partial charge is 0.334 e. The van der Waals surface area contributed by atoms with Gasteiger partial charge in [-0.15, -0.1) is 0 Å². The van der Waals surface area contributed by atoms with E-state index < -0.39 is 10.0 Å². The summed E-state index contributed by atoms with van der Waals surface area (Å²) in [5.41, 5.74) is 1.78. The van der Waals surface area contributed by atoms with Crippen molar-refractivity contribution in [1.29, 1.82) is 5.26 Å². The second-order valence-corrected chi connectivity index (χ2v) is 9.13. The number of hydrogen-bond donors (Lipinski definition) is 1. The van der Waals surface area contributed by atoms with Crippen LogP contribution in [0.3, 0.4) is 0 Å². The highest BCUT2D eigenvalue weighted by Crippen LogP contribution is 2.35. The Balaban J connectivity index is 2.22. The number of benzene rings is 1. The maximum Gasteiger partial charge on any atom is 0.243 e. The van der Waals surface area contributed by atoms with E-state index in [-0.39, 0.29) is 22.8 Å².